The van der Waals surface area contributed by atoms with E-state index in [0.717, 1.165) is 16.8 Å². The van der Waals surface area contributed by atoms with Gasteiger partial charge < -0.3 is 38.4 Å². The molecule has 1 saturated carbocycles. The molecule has 3 saturated heterocycles. The first kappa shape index (κ1) is 28.0. The molecule has 4 fully saturated rings. The number of rotatable bonds is 7. The molecular formula is C32H36N2O9. The van der Waals surface area contributed by atoms with E-state index in [1.807, 2.05) is 43.1 Å². The summed E-state index contributed by atoms with van der Waals surface area (Å²) in [6, 6.07) is 10.1. The van der Waals surface area contributed by atoms with E-state index >= 15 is 0 Å². The Hall–Kier alpha value is -3.80. The van der Waals surface area contributed by atoms with Gasteiger partial charge in [0.15, 0.2) is 17.7 Å². The van der Waals surface area contributed by atoms with E-state index in [1.54, 1.807) is 25.3 Å². The number of nitrogens with zero attached hydrogens (tertiary/aromatic N) is 2. The fourth-order valence-electron chi connectivity index (χ4n) is 9.39. The van der Waals surface area contributed by atoms with Crippen molar-refractivity contribution in [3.05, 3.63) is 64.4 Å². The highest BCUT2D eigenvalue weighted by molar-refractivity contribution is 5.91. The molecule has 1 spiro atoms. The summed E-state index contributed by atoms with van der Waals surface area (Å²) in [6.45, 7) is 1.81. The van der Waals surface area contributed by atoms with E-state index in [9.17, 15) is 14.8 Å². The van der Waals surface area contributed by atoms with Crippen molar-refractivity contribution in [3.8, 4) is 17.2 Å². The first-order valence-electron chi connectivity index (χ1n) is 14.4. The zero-order chi connectivity index (χ0) is 30.5. The van der Waals surface area contributed by atoms with Crippen molar-refractivity contribution in [2.75, 3.05) is 53.5 Å². The van der Waals surface area contributed by atoms with Gasteiger partial charge in [0.25, 0.3) is 0 Å². The van der Waals surface area contributed by atoms with Gasteiger partial charge in [-0.05, 0) is 54.5 Å². The van der Waals surface area contributed by atoms with Crippen LogP contribution in [0.25, 0.3) is 0 Å². The third kappa shape index (κ3) is 3.00. The maximum Gasteiger partial charge on any atom is 0.338 e. The Bertz CT molecular complexity index is 1580. The molecule has 5 aliphatic rings. The predicted molar refractivity (Wildman–Crippen MR) is 154 cm³/mol. The highest BCUT2D eigenvalue weighted by Crippen LogP contribution is 2.79. The Morgan fingerprint density at radius 1 is 1.09 bits per heavy atom. The number of hydroxylamine groups is 3. The molecule has 4 aliphatic heterocycles. The molecule has 11 nitrogen and oxygen atoms in total. The van der Waals surface area contributed by atoms with Gasteiger partial charge in [-0.1, -0.05) is 6.08 Å². The van der Waals surface area contributed by atoms with Crippen molar-refractivity contribution in [1.29, 1.82) is 0 Å². The summed E-state index contributed by atoms with van der Waals surface area (Å²) < 4.78 is 34.5. The molecule has 7 atom stereocenters. The number of hydrogen-bond donors (Lipinski definition) is 0. The number of quaternary nitrogens is 1. The lowest BCUT2D eigenvalue weighted by Gasteiger charge is -2.68. The average Bonchev–Trinajstić information content (AvgIpc) is 3.62. The van der Waals surface area contributed by atoms with Gasteiger partial charge in [0.2, 0.25) is 5.72 Å². The number of hydrogen-bond acceptors (Lipinski definition) is 10. The number of esters is 2. The summed E-state index contributed by atoms with van der Waals surface area (Å²) in [5.74, 6) is -0.0690. The summed E-state index contributed by atoms with van der Waals surface area (Å²) >= 11 is 0. The largest absolute Gasteiger partial charge is 0.630 e. The van der Waals surface area contributed by atoms with Crippen LogP contribution in [0.15, 0.2) is 48.0 Å². The lowest BCUT2D eigenvalue weighted by atomic mass is 9.42. The van der Waals surface area contributed by atoms with E-state index in [0.29, 0.717) is 23.7 Å². The summed E-state index contributed by atoms with van der Waals surface area (Å²) in [4.78, 5) is 30.3. The smallest absolute Gasteiger partial charge is 0.338 e. The van der Waals surface area contributed by atoms with Gasteiger partial charge in [-0.15, -0.1) is 0 Å². The third-order valence-electron chi connectivity index (χ3n) is 11.1. The number of allylic oxidation sites excluding steroid dienone is 1. The molecule has 4 bridgehead atoms. The van der Waals surface area contributed by atoms with Crippen molar-refractivity contribution < 1.29 is 42.7 Å². The molecule has 4 heterocycles. The number of anilines is 1. The molecule has 0 radical (unpaired) electrons. The second kappa shape index (κ2) is 9.10. The monoisotopic (exact) mass is 592 g/mol. The molecule has 0 amide bonds. The summed E-state index contributed by atoms with van der Waals surface area (Å²) in [7, 11) is 7.89. The fraction of sp³-hybridized carbons (Fsp3) is 0.500. The SMILES string of the molecule is C/C=C1/C[N+]2([O-])[C@@H]3C[C@@]45c6cc(OC)ccc6N(C)[C@]4(O3)[C@@H]2C[C@@H]1[C@@]5(COC(=O)c1ccc(OC)c(OC)c1)C(=O)OC. The zero-order valence-electron chi connectivity index (χ0n) is 25.2. The highest BCUT2D eigenvalue weighted by Gasteiger charge is 2.92. The van der Waals surface area contributed by atoms with E-state index in [4.69, 9.17) is 28.4 Å². The first-order chi connectivity index (χ1) is 20.6. The van der Waals surface area contributed by atoms with E-state index in [2.05, 4.69) is 0 Å². The number of benzene rings is 2. The Morgan fingerprint density at radius 3 is 2.53 bits per heavy atom. The van der Waals surface area contributed by atoms with Crippen LogP contribution in [0.2, 0.25) is 0 Å². The normalized spacial score (nSPS) is 36.8. The molecule has 0 aromatic heterocycles. The summed E-state index contributed by atoms with van der Waals surface area (Å²) in [6.07, 6.45) is 1.89. The van der Waals surface area contributed by atoms with Crippen LogP contribution < -0.4 is 19.1 Å². The third-order valence-corrected chi connectivity index (χ3v) is 11.1. The predicted octanol–water partition coefficient (Wildman–Crippen LogP) is 3.54. The van der Waals surface area contributed by atoms with E-state index in [-0.39, 0.29) is 25.1 Å². The molecule has 11 heteroatoms. The van der Waals surface area contributed by atoms with Crippen LogP contribution in [-0.2, 0) is 24.4 Å². The summed E-state index contributed by atoms with van der Waals surface area (Å²) in [5, 5.41) is 14.7. The minimum atomic E-state index is -1.40. The molecular weight excluding hydrogens is 556 g/mol. The molecule has 228 valence electrons. The molecule has 1 unspecified atom stereocenters. The van der Waals surface area contributed by atoms with Crippen molar-refractivity contribution in [3.63, 3.8) is 0 Å². The molecule has 2 aromatic rings. The number of carbonyl (C=O) groups is 2. The maximum atomic E-state index is 14.7. The second-order valence-corrected chi connectivity index (χ2v) is 12.1. The Morgan fingerprint density at radius 2 is 1.86 bits per heavy atom. The molecule has 1 aliphatic carbocycles. The van der Waals surface area contributed by atoms with Gasteiger partial charge in [0.05, 0.1) is 39.4 Å². The van der Waals surface area contributed by atoms with Crippen molar-refractivity contribution in [1.82, 2.24) is 0 Å². The Balaban J connectivity index is 1.44. The van der Waals surface area contributed by atoms with Gasteiger partial charge >= 0.3 is 11.9 Å². The van der Waals surface area contributed by atoms with Crippen molar-refractivity contribution in [2.24, 2.45) is 11.3 Å². The first-order valence-corrected chi connectivity index (χ1v) is 14.4. The van der Waals surface area contributed by atoms with Gasteiger partial charge in [0, 0.05) is 31.5 Å². The number of carbonyl (C=O) groups excluding carboxylic acids is 2. The lowest BCUT2D eigenvalue weighted by molar-refractivity contribution is -0.934. The standard InChI is InChI=1S/C32H36N2O9/c1-7-18-16-34(37)26-14-21(18)30(29(36)41-6,17-42-28(35)19-8-11-24(39-4)25(12-19)40-5)31-15-27(34)43-32(26,31)33(2)23-10-9-20(38-3)13-22(23)31/h7-13,21,26-27H,14-17H2,1-6H3/b18-7-/t21-,26-,27-,30-,31-,32-,34?/m0/s1. The second-order valence-electron chi connectivity index (χ2n) is 12.1. The van der Waals surface area contributed by atoms with Gasteiger partial charge in [-0.25, -0.2) is 4.79 Å². The molecule has 7 rings (SSSR count). The number of methoxy groups -OCH3 is 4. The minimum absolute atomic E-state index is 0.199. The topological polar surface area (TPSA) is 116 Å². The molecule has 0 N–H and O–H groups in total. The van der Waals surface area contributed by atoms with Gasteiger partial charge in [-0.2, -0.15) is 0 Å². The number of ether oxygens (including phenoxy) is 6. The van der Waals surface area contributed by atoms with Crippen LogP contribution in [0, 0.1) is 16.5 Å². The number of likely N-dealkylation sites (N-methyl/N-ethyl adjacent to an activating group) is 1. The van der Waals surface area contributed by atoms with E-state index in [1.165, 1.54) is 21.3 Å². The quantitative estimate of drug-likeness (QED) is 0.205. The molecule has 43 heavy (non-hydrogen) atoms. The van der Waals surface area contributed by atoms with Gasteiger partial charge in [-0.3, -0.25) is 9.53 Å². The van der Waals surface area contributed by atoms with Crippen LogP contribution in [0.3, 0.4) is 0 Å². The lowest BCUT2D eigenvalue weighted by Crippen LogP contribution is -2.83. The Labute approximate surface area is 250 Å². The number of piperidine rings is 2. The van der Waals surface area contributed by atoms with Crippen molar-refractivity contribution >= 4 is 17.6 Å². The van der Waals surface area contributed by atoms with Crippen LogP contribution in [0.5, 0.6) is 17.2 Å². The maximum absolute atomic E-state index is 14.7. The van der Waals surface area contributed by atoms with Gasteiger partial charge in [0.1, 0.15) is 30.4 Å². The van der Waals surface area contributed by atoms with E-state index < -0.39 is 51.3 Å². The highest BCUT2D eigenvalue weighted by atomic mass is 16.7. The van der Waals surface area contributed by atoms with Crippen molar-refractivity contribution in [2.45, 2.75) is 43.2 Å². The van der Waals surface area contributed by atoms with Crippen LogP contribution in [0.1, 0.15) is 35.7 Å². The minimum Gasteiger partial charge on any atom is -0.630 e. The Kier molecular flexibility index (Phi) is 5.93. The average molecular weight is 593 g/mol. The molecule has 2 aromatic carbocycles. The number of fused-ring (bicyclic) bond motifs is 4. The van der Waals surface area contributed by atoms with Crippen LogP contribution in [0.4, 0.5) is 5.69 Å². The van der Waals surface area contributed by atoms with Crippen LogP contribution >= 0.6 is 0 Å². The zero-order valence-corrected chi connectivity index (χ0v) is 25.2. The fourth-order valence-corrected chi connectivity index (χ4v) is 9.39. The summed E-state index contributed by atoms with van der Waals surface area (Å²) in [5.41, 5.74) is -0.834. The van der Waals surface area contributed by atoms with Crippen LogP contribution in [-0.4, -0.2) is 83.2 Å².